The van der Waals surface area contributed by atoms with Gasteiger partial charge >= 0.3 is 17.7 Å². The number of rotatable bonds is 18. The van der Waals surface area contributed by atoms with E-state index in [9.17, 15) is 14.9 Å². The molecule has 2 N–H and O–H groups in total. The molecule has 0 bridgehead atoms. The normalized spacial score (nSPS) is 11.7. The lowest BCUT2D eigenvalue weighted by atomic mass is 10.1. The van der Waals surface area contributed by atoms with Crippen molar-refractivity contribution in [2.24, 2.45) is 0 Å². The highest BCUT2D eigenvalue weighted by Gasteiger charge is 2.29. The molecule has 2 heterocycles. The molecule has 0 fully saturated rings. The van der Waals surface area contributed by atoms with E-state index in [1.807, 2.05) is 32.9 Å². The molecule has 0 aliphatic carbocycles. The van der Waals surface area contributed by atoms with Crippen LogP contribution in [0.15, 0.2) is 18.3 Å². The summed E-state index contributed by atoms with van der Waals surface area (Å²) in [5.41, 5.74) is 7.50. The molecule has 0 amide bonds. The minimum atomic E-state index is -0.625. The van der Waals surface area contributed by atoms with Gasteiger partial charge in [-0.3, -0.25) is 19.9 Å². The van der Waals surface area contributed by atoms with Gasteiger partial charge in [0.05, 0.1) is 17.6 Å². The number of nitro groups is 1. The Morgan fingerprint density at radius 1 is 1.13 bits per heavy atom. The Morgan fingerprint density at radius 3 is 2.55 bits per heavy atom. The summed E-state index contributed by atoms with van der Waals surface area (Å²) in [5, 5.41) is 11.9. The summed E-state index contributed by atoms with van der Waals surface area (Å²) in [4.78, 5) is 38.1. The molecule has 0 saturated carbocycles. The number of pyridine rings is 1. The highest BCUT2D eigenvalue weighted by molar-refractivity contribution is 5.78. The summed E-state index contributed by atoms with van der Waals surface area (Å²) >= 11 is 0. The van der Waals surface area contributed by atoms with E-state index in [0.29, 0.717) is 25.8 Å². The molecule has 0 radical (unpaired) electrons. The van der Waals surface area contributed by atoms with E-state index in [-0.39, 0.29) is 36.9 Å². The molecule has 11 heteroatoms. The first-order valence-corrected chi connectivity index (χ1v) is 13.6. The first-order valence-electron chi connectivity index (χ1n) is 13.6. The molecule has 1 atom stereocenters. The van der Waals surface area contributed by atoms with Crippen LogP contribution in [-0.4, -0.2) is 51.6 Å². The number of anilines is 2. The molecule has 0 aliphatic heterocycles. The van der Waals surface area contributed by atoms with Crippen molar-refractivity contribution in [1.29, 1.82) is 0 Å². The first-order chi connectivity index (χ1) is 18.2. The topological polar surface area (TPSA) is 147 Å². The van der Waals surface area contributed by atoms with Gasteiger partial charge in [-0.05, 0) is 57.6 Å². The molecular weight excluding hydrogens is 488 g/mol. The van der Waals surface area contributed by atoms with Gasteiger partial charge < -0.3 is 20.1 Å². The van der Waals surface area contributed by atoms with Crippen molar-refractivity contribution in [3.63, 3.8) is 0 Å². The van der Waals surface area contributed by atoms with Gasteiger partial charge in [0.25, 0.3) is 0 Å². The number of ether oxygens (including phenoxy) is 2. The Morgan fingerprint density at radius 2 is 1.89 bits per heavy atom. The number of esters is 1. The zero-order chi connectivity index (χ0) is 27.9. The number of nitrogens with zero attached hydrogens (tertiary/aromatic N) is 5. The van der Waals surface area contributed by atoms with Gasteiger partial charge in [0.1, 0.15) is 6.54 Å². The molecular formula is C27H42N6O5. The quantitative estimate of drug-likeness (QED) is 0.118. The van der Waals surface area contributed by atoms with Gasteiger partial charge in [0, 0.05) is 18.4 Å². The van der Waals surface area contributed by atoms with Crippen molar-refractivity contribution in [1.82, 2.24) is 15.0 Å². The number of carbonyl (C=O) groups excluding carboxylic acids is 1. The third-order valence-electron chi connectivity index (χ3n) is 6.03. The van der Waals surface area contributed by atoms with Crippen molar-refractivity contribution in [3.05, 3.63) is 39.7 Å². The molecule has 38 heavy (non-hydrogen) atoms. The van der Waals surface area contributed by atoms with Crippen molar-refractivity contribution < 1.29 is 19.2 Å². The number of hydrogen-bond donors (Lipinski definition) is 1. The number of carbonyl (C=O) groups is 1. The average Bonchev–Trinajstić information content (AvgIpc) is 2.87. The molecule has 0 saturated heterocycles. The fraction of sp³-hybridized carbons (Fsp3) is 0.630. The Kier molecular flexibility index (Phi) is 13.2. The van der Waals surface area contributed by atoms with Crippen LogP contribution in [0.2, 0.25) is 0 Å². The summed E-state index contributed by atoms with van der Waals surface area (Å²) in [6.07, 6.45) is 10.0. The molecule has 2 aromatic rings. The molecule has 0 aliphatic rings. The van der Waals surface area contributed by atoms with Crippen LogP contribution < -0.4 is 15.4 Å². The van der Waals surface area contributed by atoms with Crippen LogP contribution in [-0.2, 0) is 16.0 Å². The second-order valence-corrected chi connectivity index (χ2v) is 9.51. The summed E-state index contributed by atoms with van der Waals surface area (Å²) in [6, 6.07) is 3.88. The van der Waals surface area contributed by atoms with Gasteiger partial charge in [0.15, 0.2) is 0 Å². The summed E-state index contributed by atoms with van der Waals surface area (Å²) in [6.45, 7) is 8.25. The molecule has 0 unspecified atom stereocenters. The minimum absolute atomic E-state index is 0.0428. The molecule has 210 valence electrons. The molecule has 2 rings (SSSR count). The van der Waals surface area contributed by atoms with Crippen molar-refractivity contribution in [2.45, 2.75) is 91.6 Å². The van der Waals surface area contributed by atoms with E-state index in [0.717, 1.165) is 30.5 Å². The number of nitrogen functional groups attached to an aromatic ring is 1. The van der Waals surface area contributed by atoms with Crippen LogP contribution in [0.4, 0.5) is 17.3 Å². The number of unbranched alkanes of at least 4 members (excludes halogenated alkanes) is 4. The second kappa shape index (κ2) is 16.4. The SMILES string of the molecule is CCCCCCC[C@H](C)Oc1nc(N)c([N+](=O)[O-])c(N(CCCc2ccc(C)nc2)CC(=O)OCCC)n1. The largest absolute Gasteiger partial charge is 0.464 e. The van der Waals surface area contributed by atoms with Gasteiger partial charge in [-0.1, -0.05) is 45.6 Å². The van der Waals surface area contributed by atoms with Crippen LogP contribution in [0.3, 0.4) is 0 Å². The molecule has 11 nitrogen and oxygen atoms in total. The third-order valence-corrected chi connectivity index (χ3v) is 6.03. The lowest BCUT2D eigenvalue weighted by Crippen LogP contribution is -2.34. The number of aromatic nitrogens is 3. The van der Waals surface area contributed by atoms with Crippen LogP contribution in [0, 0.1) is 17.0 Å². The smallest absolute Gasteiger partial charge is 0.353 e. The Bertz CT molecular complexity index is 1020. The lowest BCUT2D eigenvalue weighted by Gasteiger charge is -2.23. The number of aryl methyl sites for hydroxylation is 2. The average molecular weight is 531 g/mol. The standard InChI is InChI=1S/C27H42N6O5/c1-5-7-8-9-10-12-21(4)38-27-30-25(28)24(33(35)36)26(31-27)32(19-23(34)37-17-6-2)16-11-13-22-15-14-20(3)29-18-22/h14-15,18,21H,5-13,16-17,19H2,1-4H3,(H2,28,30,31)/t21-/m0/s1. The highest BCUT2D eigenvalue weighted by Crippen LogP contribution is 2.33. The maximum absolute atomic E-state index is 12.5. The monoisotopic (exact) mass is 530 g/mol. The van der Waals surface area contributed by atoms with Crippen molar-refractivity contribution in [3.8, 4) is 6.01 Å². The molecule has 2 aromatic heterocycles. The van der Waals surface area contributed by atoms with Gasteiger partial charge in [0.2, 0.25) is 11.6 Å². The lowest BCUT2D eigenvalue weighted by molar-refractivity contribution is -0.383. The zero-order valence-corrected chi connectivity index (χ0v) is 23.1. The predicted octanol–water partition coefficient (Wildman–Crippen LogP) is 5.19. The third kappa shape index (κ3) is 10.5. The van der Waals surface area contributed by atoms with Crippen LogP contribution in [0.1, 0.15) is 83.4 Å². The van der Waals surface area contributed by atoms with Crippen molar-refractivity contribution >= 4 is 23.3 Å². The minimum Gasteiger partial charge on any atom is -0.464 e. The van der Waals surface area contributed by atoms with E-state index in [4.69, 9.17) is 15.2 Å². The van der Waals surface area contributed by atoms with E-state index in [2.05, 4.69) is 21.9 Å². The fourth-order valence-corrected chi connectivity index (χ4v) is 3.96. The predicted molar refractivity (Wildman–Crippen MR) is 147 cm³/mol. The van der Waals surface area contributed by atoms with E-state index in [1.54, 1.807) is 6.20 Å². The second-order valence-electron chi connectivity index (χ2n) is 9.51. The Labute approximate surface area is 225 Å². The first kappa shape index (κ1) is 30.7. The fourth-order valence-electron chi connectivity index (χ4n) is 3.96. The van der Waals surface area contributed by atoms with Crippen LogP contribution >= 0.6 is 0 Å². The highest BCUT2D eigenvalue weighted by atomic mass is 16.6. The van der Waals surface area contributed by atoms with E-state index in [1.165, 1.54) is 24.2 Å². The summed E-state index contributed by atoms with van der Waals surface area (Å²) < 4.78 is 11.2. The van der Waals surface area contributed by atoms with E-state index >= 15 is 0 Å². The molecule has 0 aromatic carbocycles. The van der Waals surface area contributed by atoms with Crippen LogP contribution in [0.5, 0.6) is 6.01 Å². The zero-order valence-electron chi connectivity index (χ0n) is 23.1. The van der Waals surface area contributed by atoms with Crippen LogP contribution in [0.25, 0.3) is 0 Å². The van der Waals surface area contributed by atoms with E-state index < -0.39 is 16.6 Å². The number of nitrogens with two attached hydrogens (primary N) is 1. The Hall–Kier alpha value is -3.50. The van der Waals surface area contributed by atoms with Gasteiger partial charge in [-0.2, -0.15) is 9.97 Å². The molecule has 0 spiro atoms. The van der Waals surface area contributed by atoms with Gasteiger partial charge in [-0.25, -0.2) is 0 Å². The summed E-state index contributed by atoms with van der Waals surface area (Å²) in [5.74, 6) is -0.860. The van der Waals surface area contributed by atoms with Gasteiger partial charge in [-0.15, -0.1) is 0 Å². The van der Waals surface area contributed by atoms with Crippen molar-refractivity contribution in [2.75, 3.05) is 30.3 Å². The Balaban J connectivity index is 2.25. The maximum atomic E-state index is 12.5. The number of hydrogen-bond acceptors (Lipinski definition) is 10. The summed E-state index contributed by atoms with van der Waals surface area (Å²) in [7, 11) is 0. The maximum Gasteiger partial charge on any atom is 0.353 e.